The van der Waals surface area contributed by atoms with Crippen LogP contribution in [-0.4, -0.2) is 47.7 Å². The Morgan fingerprint density at radius 2 is 1.65 bits per heavy atom. The topological polar surface area (TPSA) is 111 Å². The first-order chi connectivity index (χ1) is 16.5. The minimum atomic E-state index is -0.679. The second kappa shape index (κ2) is 8.66. The van der Waals surface area contributed by atoms with Crippen molar-refractivity contribution in [2.45, 2.75) is 25.7 Å². The second-order valence-electron chi connectivity index (χ2n) is 8.35. The molecule has 9 nitrogen and oxygen atoms in total. The lowest BCUT2D eigenvalue weighted by molar-refractivity contribution is -0.119. The minimum absolute atomic E-state index is 0.0906. The van der Waals surface area contributed by atoms with Crippen LogP contribution in [0.2, 0.25) is 0 Å². The number of nitrogens with two attached hydrogens (primary N) is 1. The Morgan fingerprint density at radius 3 is 2.32 bits per heavy atom. The van der Waals surface area contributed by atoms with Crippen LogP contribution in [0.3, 0.4) is 0 Å². The fraction of sp³-hybridized carbons (Fsp3) is 0.280. The van der Waals surface area contributed by atoms with E-state index in [0.717, 1.165) is 18.5 Å². The molecule has 0 saturated carbocycles. The van der Waals surface area contributed by atoms with Crippen molar-refractivity contribution in [1.82, 2.24) is 9.78 Å². The number of fused-ring (bicyclic) bond motifs is 1. The van der Waals surface area contributed by atoms with Crippen molar-refractivity contribution in [3.05, 3.63) is 65.5 Å². The van der Waals surface area contributed by atoms with Crippen molar-refractivity contribution in [3.63, 3.8) is 0 Å². The van der Waals surface area contributed by atoms with Gasteiger partial charge in [-0.25, -0.2) is 4.68 Å². The first-order valence-electron chi connectivity index (χ1n) is 11.3. The molecule has 0 bridgehead atoms. The molecule has 3 heterocycles. The van der Waals surface area contributed by atoms with Gasteiger partial charge in [-0.1, -0.05) is 12.1 Å². The van der Waals surface area contributed by atoms with Gasteiger partial charge in [-0.3, -0.25) is 14.4 Å². The number of hydrogen-bond donors (Lipinski definition) is 1. The summed E-state index contributed by atoms with van der Waals surface area (Å²) in [4.78, 5) is 41.5. The maximum atomic E-state index is 13.7. The first-order valence-corrected chi connectivity index (χ1v) is 11.3. The van der Waals surface area contributed by atoms with Crippen molar-refractivity contribution in [3.8, 4) is 11.4 Å². The van der Waals surface area contributed by atoms with E-state index in [0.29, 0.717) is 54.3 Å². The molecule has 2 aromatic carbocycles. The van der Waals surface area contributed by atoms with E-state index in [1.807, 2.05) is 36.4 Å². The third-order valence-corrected chi connectivity index (χ3v) is 6.36. The number of hydrogen-bond acceptors (Lipinski definition) is 5. The van der Waals surface area contributed by atoms with E-state index < -0.39 is 5.91 Å². The lowest BCUT2D eigenvalue weighted by Crippen LogP contribution is -2.39. The molecule has 3 amide bonds. The molecule has 174 valence electrons. The molecule has 2 aliphatic heterocycles. The van der Waals surface area contributed by atoms with Gasteiger partial charge in [-0.2, -0.15) is 5.10 Å². The summed E-state index contributed by atoms with van der Waals surface area (Å²) in [6, 6.07) is 14.6. The van der Waals surface area contributed by atoms with Crippen molar-refractivity contribution >= 4 is 29.1 Å². The van der Waals surface area contributed by atoms with Crippen LogP contribution < -0.4 is 20.3 Å². The van der Waals surface area contributed by atoms with Crippen molar-refractivity contribution < 1.29 is 19.1 Å². The van der Waals surface area contributed by atoms with E-state index in [1.165, 1.54) is 11.8 Å². The number of carbonyl (C=O) groups is 3. The molecule has 0 atom stereocenters. The average Bonchev–Trinajstić information content (AvgIpc) is 3.25. The van der Waals surface area contributed by atoms with Crippen LogP contribution in [0.5, 0.6) is 5.75 Å². The standard InChI is InChI=1S/C25H25N5O4/c1-34-20-7-3-2-6-19(20)30-23-18(22(27-30)24(26)32)13-15-29(25(23)33)17-11-9-16(10-12-17)28-14-5-4-8-21(28)31/h2-3,6-7,9-12H,4-5,8,13-15H2,1H3,(H2,26,32). The Morgan fingerprint density at radius 1 is 0.941 bits per heavy atom. The molecule has 2 aliphatic rings. The Bertz CT molecular complexity index is 1280. The predicted octanol–water partition coefficient (Wildman–Crippen LogP) is 2.70. The summed E-state index contributed by atoms with van der Waals surface area (Å²) < 4.78 is 6.90. The maximum Gasteiger partial charge on any atom is 0.277 e. The van der Waals surface area contributed by atoms with Crippen LogP contribution in [0.4, 0.5) is 11.4 Å². The first kappa shape index (κ1) is 21.7. The number of carbonyl (C=O) groups excluding carboxylic acids is 3. The molecule has 1 fully saturated rings. The lowest BCUT2D eigenvalue weighted by atomic mass is 10.0. The molecular weight excluding hydrogens is 434 g/mol. The van der Waals surface area contributed by atoms with Crippen LogP contribution >= 0.6 is 0 Å². The van der Waals surface area contributed by atoms with Gasteiger partial charge in [0.15, 0.2) is 5.69 Å². The molecule has 34 heavy (non-hydrogen) atoms. The number of primary amides is 1. The molecular formula is C25H25N5O4. The predicted molar refractivity (Wildman–Crippen MR) is 127 cm³/mol. The molecule has 5 rings (SSSR count). The third kappa shape index (κ3) is 3.59. The van der Waals surface area contributed by atoms with E-state index in [-0.39, 0.29) is 17.5 Å². The highest BCUT2D eigenvalue weighted by atomic mass is 16.5. The normalized spacial score (nSPS) is 15.9. The molecule has 1 aromatic heterocycles. The number of ether oxygens (including phenoxy) is 1. The smallest absolute Gasteiger partial charge is 0.277 e. The number of rotatable bonds is 5. The monoisotopic (exact) mass is 459 g/mol. The van der Waals surface area contributed by atoms with Crippen LogP contribution in [-0.2, 0) is 11.2 Å². The molecule has 1 saturated heterocycles. The molecule has 0 radical (unpaired) electrons. The largest absolute Gasteiger partial charge is 0.494 e. The van der Waals surface area contributed by atoms with Gasteiger partial charge < -0.3 is 20.3 Å². The summed E-state index contributed by atoms with van der Waals surface area (Å²) in [5.74, 6) is -0.322. The molecule has 3 aromatic rings. The van der Waals surface area contributed by atoms with E-state index in [9.17, 15) is 14.4 Å². The number of benzene rings is 2. The number of amides is 3. The van der Waals surface area contributed by atoms with Crippen LogP contribution in [0.1, 0.15) is 45.8 Å². The van der Waals surface area contributed by atoms with E-state index >= 15 is 0 Å². The lowest BCUT2D eigenvalue weighted by Gasteiger charge is -2.29. The highest BCUT2D eigenvalue weighted by Gasteiger charge is 2.35. The van der Waals surface area contributed by atoms with Crippen molar-refractivity contribution in [2.24, 2.45) is 5.73 Å². The third-order valence-electron chi connectivity index (χ3n) is 6.36. The number of aromatic nitrogens is 2. The summed E-state index contributed by atoms with van der Waals surface area (Å²) in [5, 5.41) is 4.40. The van der Waals surface area contributed by atoms with Gasteiger partial charge in [0, 0.05) is 36.4 Å². The van der Waals surface area contributed by atoms with Crippen molar-refractivity contribution in [2.75, 3.05) is 30.0 Å². The summed E-state index contributed by atoms with van der Waals surface area (Å²) in [7, 11) is 1.53. The van der Waals surface area contributed by atoms with E-state index in [2.05, 4.69) is 5.10 Å². The van der Waals surface area contributed by atoms with Crippen molar-refractivity contribution in [1.29, 1.82) is 0 Å². The fourth-order valence-electron chi connectivity index (χ4n) is 4.67. The molecule has 0 unspecified atom stereocenters. The maximum absolute atomic E-state index is 13.7. The van der Waals surface area contributed by atoms with Gasteiger partial charge in [-0.05, 0) is 55.7 Å². The molecule has 0 spiro atoms. The minimum Gasteiger partial charge on any atom is -0.494 e. The van der Waals surface area contributed by atoms with Gasteiger partial charge in [0.2, 0.25) is 5.91 Å². The summed E-state index contributed by atoms with van der Waals surface area (Å²) in [5.41, 5.74) is 8.58. The van der Waals surface area contributed by atoms with Gasteiger partial charge in [0.1, 0.15) is 17.1 Å². The zero-order chi connectivity index (χ0) is 23.8. The van der Waals surface area contributed by atoms with Gasteiger partial charge in [0.25, 0.3) is 11.8 Å². The quantitative estimate of drug-likeness (QED) is 0.631. The van der Waals surface area contributed by atoms with Crippen LogP contribution in [0.25, 0.3) is 5.69 Å². The van der Waals surface area contributed by atoms with Gasteiger partial charge >= 0.3 is 0 Å². The fourth-order valence-corrected chi connectivity index (χ4v) is 4.67. The number of methoxy groups -OCH3 is 1. The summed E-state index contributed by atoms with van der Waals surface area (Å²) in [6.45, 7) is 1.09. The Hall–Kier alpha value is -4.14. The Kier molecular flexibility index (Phi) is 5.53. The van der Waals surface area contributed by atoms with Gasteiger partial charge in [0.05, 0.1) is 7.11 Å². The molecule has 2 N–H and O–H groups in total. The Labute approximate surface area is 196 Å². The second-order valence-corrected chi connectivity index (χ2v) is 8.35. The highest BCUT2D eigenvalue weighted by molar-refractivity contribution is 6.09. The zero-order valence-electron chi connectivity index (χ0n) is 18.9. The van der Waals surface area contributed by atoms with Crippen LogP contribution in [0.15, 0.2) is 48.5 Å². The van der Waals surface area contributed by atoms with E-state index in [4.69, 9.17) is 10.5 Å². The number of para-hydroxylation sites is 2. The number of anilines is 2. The van der Waals surface area contributed by atoms with E-state index in [1.54, 1.807) is 21.9 Å². The number of piperidine rings is 1. The van der Waals surface area contributed by atoms with Gasteiger partial charge in [-0.15, -0.1) is 0 Å². The average molecular weight is 460 g/mol. The summed E-state index contributed by atoms with van der Waals surface area (Å²) in [6.07, 6.45) is 2.90. The summed E-state index contributed by atoms with van der Waals surface area (Å²) >= 11 is 0. The molecule has 9 heteroatoms. The SMILES string of the molecule is COc1ccccc1-n1nc(C(N)=O)c2c1C(=O)N(c1ccc(N3CCCCC3=O)cc1)CC2. The molecule has 0 aliphatic carbocycles. The Balaban J connectivity index is 1.52. The van der Waals surface area contributed by atoms with Crippen LogP contribution in [0, 0.1) is 0 Å². The number of nitrogens with zero attached hydrogens (tertiary/aromatic N) is 4. The zero-order valence-corrected chi connectivity index (χ0v) is 18.9. The highest BCUT2D eigenvalue weighted by Crippen LogP contribution is 2.32.